The van der Waals surface area contributed by atoms with Gasteiger partial charge in [-0.25, -0.2) is 0 Å². The van der Waals surface area contributed by atoms with Crippen LogP contribution in [0.15, 0.2) is 113 Å². The summed E-state index contributed by atoms with van der Waals surface area (Å²) in [6.07, 6.45) is 8.30. The van der Waals surface area contributed by atoms with Gasteiger partial charge in [0.05, 0.1) is 5.69 Å². The van der Waals surface area contributed by atoms with Crippen molar-refractivity contribution < 1.29 is 0 Å². The summed E-state index contributed by atoms with van der Waals surface area (Å²) in [5.41, 5.74) is 16.9. The van der Waals surface area contributed by atoms with Gasteiger partial charge in [0.25, 0.3) is 0 Å². The van der Waals surface area contributed by atoms with Gasteiger partial charge in [-0.2, -0.15) is 0 Å². The van der Waals surface area contributed by atoms with Gasteiger partial charge in [-0.1, -0.05) is 120 Å². The highest BCUT2D eigenvalue weighted by Crippen LogP contribution is 2.89. The van der Waals surface area contributed by atoms with Crippen molar-refractivity contribution in [3.8, 4) is 11.1 Å². The molecule has 0 N–H and O–H groups in total. The van der Waals surface area contributed by atoms with E-state index in [0.29, 0.717) is 5.41 Å². The molecule has 5 aromatic rings. The Bertz CT molecular complexity index is 2430. The standard InChI is InChI=1S/C51H51NS/c1-47(2)22-23-48(3,4)41-28-33(19-21-37(41)47)52(32-18-20-35-34-12-7-8-13-36(34)49(5,6)40(35)27-32)42-16-11-15-39-46(42)53-43-17-10-9-14-38(43)51(39)44-25-30-24-31-26-45(51)50(31,44)29-30/h7-21,27-28,30-31,44-45H,22-26,29H2,1-6H3. The van der Waals surface area contributed by atoms with Gasteiger partial charge in [-0.15, -0.1) is 0 Å². The van der Waals surface area contributed by atoms with Crippen LogP contribution in [0.1, 0.15) is 113 Å². The van der Waals surface area contributed by atoms with Crippen LogP contribution in [0.2, 0.25) is 0 Å². The van der Waals surface area contributed by atoms with Gasteiger partial charge in [-0.05, 0) is 159 Å². The minimum absolute atomic E-state index is 0.0634. The molecule has 7 aliphatic rings. The number of hydrogen-bond donors (Lipinski definition) is 0. The Kier molecular flexibility index (Phi) is 5.91. The predicted molar refractivity (Wildman–Crippen MR) is 220 cm³/mol. The van der Waals surface area contributed by atoms with Crippen molar-refractivity contribution in [2.45, 2.75) is 112 Å². The summed E-state index contributed by atoms with van der Waals surface area (Å²) in [4.78, 5) is 5.66. The second-order valence-electron chi connectivity index (χ2n) is 20.0. The number of rotatable bonds is 3. The van der Waals surface area contributed by atoms with Crippen LogP contribution in [-0.2, 0) is 21.7 Å². The summed E-state index contributed by atoms with van der Waals surface area (Å²) in [6, 6.07) is 41.0. The molecule has 6 aliphatic carbocycles. The first-order valence-electron chi connectivity index (χ1n) is 20.6. The molecule has 1 nitrogen and oxygen atoms in total. The van der Waals surface area contributed by atoms with Gasteiger partial charge in [0.15, 0.2) is 0 Å². The Labute approximate surface area is 320 Å². The van der Waals surface area contributed by atoms with Crippen LogP contribution in [-0.4, -0.2) is 0 Å². The molecule has 2 bridgehead atoms. The molecule has 6 atom stereocenters. The van der Waals surface area contributed by atoms with Gasteiger partial charge in [-0.3, -0.25) is 0 Å². The van der Waals surface area contributed by atoms with E-state index >= 15 is 0 Å². The lowest BCUT2D eigenvalue weighted by Gasteiger charge is -2.78. The van der Waals surface area contributed by atoms with Crippen LogP contribution < -0.4 is 4.90 Å². The number of anilines is 3. The third-order valence-electron chi connectivity index (χ3n) is 16.7. The molecule has 4 saturated carbocycles. The van der Waals surface area contributed by atoms with E-state index < -0.39 is 0 Å². The minimum Gasteiger partial charge on any atom is -0.309 e. The van der Waals surface area contributed by atoms with Crippen molar-refractivity contribution in [3.63, 3.8) is 0 Å². The summed E-state index contributed by atoms with van der Waals surface area (Å²) < 4.78 is 0. The maximum atomic E-state index is 2.67. The fourth-order valence-corrected chi connectivity index (χ4v) is 15.6. The van der Waals surface area contributed by atoms with Gasteiger partial charge in [0.2, 0.25) is 0 Å². The zero-order valence-corrected chi connectivity index (χ0v) is 33.0. The molecule has 5 aromatic carbocycles. The molecule has 2 spiro atoms. The molecular weight excluding hydrogens is 659 g/mol. The third-order valence-corrected chi connectivity index (χ3v) is 17.9. The second kappa shape index (κ2) is 9.91. The summed E-state index contributed by atoms with van der Waals surface area (Å²) in [5, 5.41) is 0. The summed E-state index contributed by atoms with van der Waals surface area (Å²) in [5.74, 6) is 3.50. The van der Waals surface area contributed by atoms with Crippen LogP contribution in [0.5, 0.6) is 0 Å². The molecule has 0 aromatic heterocycles. The molecule has 0 radical (unpaired) electrons. The number of benzene rings is 5. The lowest BCUT2D eigenvalue weighted by atomic mass is 9.26. The van der Waals surface area contributed by atoms with Crippen molar-refractivity contribution in [2.24, 2.45) is 29.1 Å². The van der Waals surface area contributed by atoms with Gasteiger partial charge < -0.3 is 4.90 Å². The Morgan fingerprint density at radius 2 is 1.23 bits per heavy atom. The fraction of sp³-hybridized carbons (Fsp3) is 0.412. The number of nitrogens with zero attached hydrogens (tertiary/aromatic N) is 1. The van der Waals surface area contributed by atoms with Crippen molar-refractivity contribution in [3.05, 3.63) is 137 Å². The van der Waals surface area contributed by atoms with Crippen molar-refractivity contribution in [1.29, 1.82) is 0 Å². The smallest absolute Gasteiger partial charge is 0.0604 e. The number of hydrogen-bond acceptors (Lipinski definition) is 2. The van der Waals surface area contributed by atoms with E-state index in [9.17, 15) is 0 Å². The van der Waals surface area contributed by atoms with E-state index in [4.69, 9.17) is 0 Å². The quantitative estimate of drug-likeness (QED) is 0.183. The maximum Gasteiger partial charge on any atom is 0.0604 e. The van der Waals surface area contributed by atoms with Crippen LogP contribution in [0.4, 0.5) is 17.1 Å². The average molecular weight is 710 g/mol. The highest BCUT2D eigenvalue weighted by Gasteiger charge is 2.84. The highest BCUT2D eigenvalue weighted by atomic mass is 32.2. The minimum atomic E-state index is -0.0634. The molecule has 6 unspecified atom stereocenters. The van der Waals surface area contributed by atoms with E-state index in [1.807, 2.05) is 0 Å². The van der Waals surface area contributed by atoms with Gasteiger partial charge in [0, 0.05) is 32.0 Å². The number of fused-ring (bicyclic) bond motifs is 11. The predicted octanol–water partition coefficient (Wildman–Crippen LogP) is 13.6. The Balaban J connectivity index is 1.10. The summed E-state index contributed by atoms with van der Waals surface area (Å²) >= 11 is 2.05. The van der Waals surface area contributed by atoms with Crippen molar-refractivity contribution in [1.82, 2.24) is 0 Å². The zero-order valence-electron chi connectivity index (χ0n) is 32.2. The molecule has 1 heterocycles. The fourth-order valence-electron chi connectivity index (χ4n) is 14.2. The molecule has 53 heavy (non-hydrogen) atoms. The molecule has 0 amide bonds. The van der Waals surface area contributed by atoms with Crippen LogP contribution in [0, 0.1) is 29.1 Å². The van der Waals surface area contributed by atoms with Gasteiger partial charge in [0.1, 0.15) is 0 Å². The lowest BCUT2D eigenvalue weighted by Crippen LogP contribution is -2.74. The Morgan fingerprint density at radius 3 is 2.04 bits per heavy atom. The largest absolute Gasteiger partial charge is 0.309 e. The molecule has 1 aliphatic heterocycles. The Hall–Kier alpha value is -3.75. The third kappa shape index (κ3) is 3.65. The van der Waals surface area contributed by atoms with E-state index in [-0.39, 0.29) is 21.7 Å². The maximum absolute atomic E-state index is 2.67. The SMILES string of the molecule is CC1(C)CCC(C)(C)c2cc(N(c3ccc4c(c3)C(C)(C)c3ccccc3-4)c3cccc4c3Sc3ccccc3C43C4CC5CC6CC3C64C5)ccc21. The normalized spacial score (nSPS) is 31.7. The van der Waals surface area contributed by atoms with Crippen LogP contribution in [0.25, 0.3) is 11.1 Å². The summed E-state index contributed by atoms with van der Waals surface area (Å²) in [7, 11) is 0. The summed E-state index contributed by atoms with van der Waals surface area (Å²) in [6.45, 7) is 14.7. The second-order valence-corrected chi connectivity index (χ2v) is 21.1. The first-order valence-corrected chi connectivity index (χ1v) is 21.4. The molecule has 266 valence electrons. The lowest BCUT2D eigenvalue weighted by molar-refractivity contribution is -0.235. The van der Waals surface area contributed by atoms with Crippen molar-refractivity contribution >= 4 is 28.8 Å². The molecule has 2 heteroatoms. The van der Waals surface area contributed by atoms with E-state index in [2.05, 4.69) is 161 Å². The molecule has 12 rings (SSSR count). The van der Waals surface area contributed by atoms with Gasteiger partial charge >= 0.3 is 0 Å². The van der Waals surface area contributed by atoms with E-state index in [0.717, 1.165) is 23.7 Å². The van der Waals surface area contributed by atoms with E-state index in [1.54, 1.807) is 11.1 Å². The highest BCUT2D eigenvalue weighted by molar-refractivity contribution is 7.99. The average Bonchev–Trinajstić information content (AvgIpc) is 3.76. The monoisotopic (exact) mass is 709 g/mol. The first-order chi connectivity index (χ1) is 25.5. The molecule has 4 fully saturated rings. The van der Waals surface area contributed by atoms with E-state index in [1.165, 1.54) is 98.8 Å². The topological polar surface area (TPSA) is 3.24 Å². The zero-order chi connectivity index (χ0) is 35.9. The van der Waals surface area contributed by atoms with Crippen LogP contribution >= 0.6 is 11.8 Å². The molecular formula is C51H51NS. The Morgan fingerprint density at radius 1 is 0.566 bits per heavy atom. The molecule has 0 saturated heterocycles. The van der Waals surface area contributed by atoms with Crippen molar-refractivity contribution in [2.75, 3.05) is 4.90 Å². The first kappa shape index (κ1) is 31.6. The van der Waals surface area contributed by atoms with Crippen LogP contribution in [0.3, 0.4) is 0 Å².